The highest BCUT2D eigenvalue weighted by molar-refractivity contribution is 7.99. The number of nitrogens with one attached hydrogen (secondary N) is 2. The number of ether oxygens (including phenoxy) is 2. The van der Waals surface area contributed by atoms with Crippen LogP contribution in [0, 0.1) is 5.92 Å². The molecular weight excluding hydrogens is 334 g/mol. The lowest BCUT2D eigenvalue weighted by Crippen LogP contribution is -2.39. The van der Waals surface area contributed by atoms with Gasteiger partial charge in [-0.05, 0) is 37.3 Å². The molecular formula is C19H31N3O2S. The maximum Gasteiger partial charge on any atom is 0.191 e. The summed E-state index contributed by atoms with van der Waals surface area (Å²) in [5.41, 5.74) is 0. The number of aliphatic imine (C=N–C) groups is 1. The quantitative estimate of drug-likeness (QED) is 0.289. The van der Waals surface area contributed by atoms with E-state index in [2.05, 4.69) is 39.9 Å². The van der Waals surface area contributed by atoms with E-state index >= 15 is 0 Å². The van der Waals surface area contributed by atoms with E-state index in [0.717, 1.165) is 70.5 Å². The molecule has 0 radical (unpaired) electrons. The molecule has 6 heteroatoms. The highest BCUT2D eigenvalue weighted by Crippen LogP contribution is 2.16. The Kier molecular flexibility index (Phi) is 10.5. The van der Waals surface area contributed by atoms with E-state index in [9.17, 15) is 0 Å². The largest absolute Gasteiger partial charge is 0.381 e. The normalized spacial score (nSPS) is 16.0. The monoisotopic (exact) mass is 365 g/mol. The Morgan fingerprint density at radius 2 is 1.96 bits per heavy atom. The van der Waals surface area contributed by atoms with Crippen molar-refractivity contribution >= 4 is 17.7 Å². The first-order chi connectivity index (χ1) is 12.4. The van der Waals surface area contributed by atoms with Crippen molar-refractivity contribution in [3.8, 4) is 0 Å². The van der Waals surface area contributed by atoms with Gasteiger partial charge in [-0.25, -0.2) is 0 Å². The van der Waals surface area contributed by atoms with Crippen LogP contribution in [0.4, 0.5) is 0 Å². The highest BCUT2D eigenvalue weighted by Gasteiger charge is 2.13. The first-order valence-electron chi connectivity index (χ1n) is 9.16. The highest BCUT2D eigenvalue weighted by atomic mass is 32.2. The molecule has 0 saturated carbocycles. The molecule has 0 aliphatic carbocycles. The molecule has 1 fully saturated rings. The van der Waals surface area contributed by atoms with Gasteiger partial charge in [-0.3, -0.25) is 4.99 Å². The summed E-state index contributed by atoms with van der Waals surface area (Å²) in [5.74, 6) is 2.55. The number of nitrogens with zero attached hydrogens (tertiary/aromatic N) is 1. The fourth-order valence-corrected chi connectivity index (χ4v) is 3.41. The lowest BCUT2D eigenvalue weighted by molar-refractivity contribution is 0.0203. The summed E-state index contributed by atoms with van der Waals surface area (Å²) in [6, 6.07) is 10.5. The van der Waals surface area contributed by atoms with Gasteiger partial charge in [0.05, 0.1) is 0 Å². The summed E-state index contributed by atoms with van der Waals surface area (Å²) in [7, 11) is 1.81. The minimum absolute atomic E-state index is 0.679. The van der Waals surface area contributed by atoms with E-state index in [1.807, 2.05) is 17.8 Å². The molecule has 1 aromatic carbocycles. The molecule has 5 nitrogen and oxygen atoms in total. The number of benzene rings is 1. The van der Waals surface area contributed by atoms with E-state index in [1.54, 1.807) is 7.05 Å². The van der Waals surface area contributed by atoms with Crippen LogP contribution in [0.25, 0.3) is 0 Å². The Labute approximate surface area is 156 Å². The van der Waals surface area contributed by atoms with Crippen LogP contribution in [0.15, 0.2) is 40.2 Å². The third-order valence-electron chi connectivity index (χ3n) is 4.08. The van der Waals surface area contributed by atoms with Gasteiger partial charge in [-0.1, -0.05) is 18.2 Å². The standard InChI is InChI=1S/C19H31N3O2S/c1-20-19(22-11-15-25-18-6-3-2-4-7-18)21-10-5-12-24-16-17-8-13-23-14-9-17/h2-4,6-7,17H,5,8-16H2,1H3,(H2,20,21,22). The van der Waals surface area contributed by atoms with Crippen LogP contribution in [0.3, 0.4) is 0 Å². The summed E-state index contributed by atoms with van der Waals surface area (Å²) < 4.78 is 11.1. The fraction of sp³-hybridized carbons (Fsp3) is 0.632. The van der Waals surface area contributed by atoms with Crippen LogP contribution < -0.4 is 10.6 Å². The van der Waals surface area contributed by atoms with Crippen LogP contribution in [0.5, 0.6) is 0 Å². The molecule has 1 aromatic rings. The van der Waals surface area contributed by atoms with Gasteiger partial charge in [0.15, 0.2) is 5.96 Å². The van der Waals surface area contributed by atoms with Crippen LogP contribution in [0.2, 0.25) is 0 Å². The lowest BCUT2D eigenvalue weighted by Gasteiger charge is -2.21. The zero-order valence-corrected chi connectivity index (χ0v) is 16.0. The van der Waals surface area contributed by atoms with Crippen molar-refractivity contribution in [3.63, 3.8) is 0 Å². The molecule has 140 valence electrons. The molecule has 0 unspecified atom stereocenters. The van der Waals surface area contributed by atoms with Crippen molar-refractivity contribution in [2.45, 2.75) is 24.2 Å². The second-order valence-electron chi connectivity index (χ2n) is 6.07. The molecule has 0 aromatic heterocycles. The summed E-state index contributed by atoms with van der Waals surface area (Å²) in [4.78, 5) is 5.55. The van der Waals surface area contributed by atoms with Gasteiger partial charge in [-0.15, -0.1) is 11.8 Å². The molecule has 2 N–H and O–H groups in total. The Morgan fingerprint density at radius 1 is 1.20 bits per heavy atom. The van der Waals surface area contributed by atoms with Crippen molar-refractivity contribution in [2.75, 3.05) is 52.3 Å². The number of hydrogen-bond donors (Lipinski definition) is 2. The molecule has 1 heterocycles. The maximum absolute atomic E-state index is 5.78. The molecule has 0 bridgehead atoms. The number of rotatable bonds is 10. The number of guanidine groups is 1. The van der Waals surface area contributed by atoms with E-state index < -0.39 is 0 Å². The minimum Gasteiger partial charge on any atom is -0.381 e. The Morgan fingerprint density at radius 3 is 2.72 bits per heavy atom. The van der Waals surface area contributed by atoms with E-state index in [-0.39, 0.29) is 0 Å². The average Bonchev–Trinajstić information content (AvgIpc) is 2.67. The Hall–Kier alpha value is -1.24. The first kappa shape index (κ1) is 20.1. The molecule has 2 rings (SSSR count). The van der Waals surface area contributed by atoms with Crippen LogP contribution in [-0.2, 0) is 9.47 Å². The summed E-state index contributed by atoms with van der Waals surface area (Å²) in [6.07, 6.45) is 3.26. The Bertz CT molecular complexity index is 479. The fourth-order valence-electron chi connectivity index (χ4n) is 2.62. The van der Waals surface area contributed by atoms with Crippen LogP contribution in [0.1, 0.15) is 19.3 Å². The van der Waals surface area contributed by atoms with Crippen LogP contribution in [-0.4, -0.2) is 58.3 Å². The van der Waals surface area contributed by atoms with Crippen molar-refractivity contribution in [1.29, 1.82) is 0 Å². The zero-order valence-electron chi connectivity index (χ0n) is 15.2. The Balaban J connectivity index is 1.44. The van der Waals surface area contributed by atoms with Crippen LogP contribution >= 0.6 is 11.8 Å². The predicted octanol–water partition coefficient (Wildman–Crippen LogP) is 2.78. The predicted molar refractivity (Wildman–Crippen MR) is 106 cm³/mol. The topological polar surface area (TPSA) is 54.9 Å². The maximum atomic E-state index is 5.78. The minimum atomic E-state index is 0.679. The third kappa shape index (κ3) is 9.14. The molecule has 0 spiro atoms. The molecule has 0 atom stereocenters. The number of thioether (sulfide) groups is 1. The first-order valence-corrected chi connectivity index (χ1v) is 10.1. The van der Waals surface area contributed by atoms with Crippen molar-refractivity contribution in [3.05, 3.63) is 30.3 Å². The smallest absolute Gasteiger partial charge is 0.191 e. The summed E-state index contributed by atoms with van der Waals surface area (Å²) >= 11 is 1.85. The SMILES string of the molecule is CN=C(NCCCOCC1CCOCC1)NCCSc1ccccc1. The van der Waals surface area contributed by atoms with E-state index in [4.69, 9.17) is 9.47 Å². The van der Waals surface area contributed by atoms with Gasteiger partial charge in [-0.2, -0.15) is 0 Å². The van der Waals surface area contributed by atoms with Crippen molar-refractivity contribution in [1.82, 2.24) is 10.6 Å². The summed E-state index contributed by atoms with van der Waals surface area (Å²) in [6.45, 7) is 5.21. The zero-order chi connectivity index (χ0) is 17.6. The second-order valence-corrected chi connectivity index (χ2v) is 7.24. The molecule has 0 amide bonds. The van der Waals surface area contributed by atoms with Gasteiger partial charge in [0.2, 0.25) is 0 Å². The molecule has 1 aliphatic heterocycles. The van der Waals surface area contributed by atoms with Crippen molar-refractivity contribution < 1.29 is 9.47 Å². The molecule has 1 aliphatic rings. The lowest BCUT2D eigenvalue weighted by atomic mass is 10.0. The van der Waals surface area contributed by atoms with E-state index in [1.165, 1.54) is 4.90 Å². The van der Waals surface area contributed by atoms with E-state index in [0.29, 0.717) is 5.92 Å². The van der Waals surface area contributed by atoms with Crippen molar-refractivity contribution in [2.24, 2.45) is 10.9 Å². The van der Waals surface area contributed by atoms with Gasteiger partial charge in [0, 0.05) is 57.2 Å². The third-order valence-corrected chi connectivity index (χ3v) is 5.10. The van der Waals surface area contributed by atoms with Gasteiger partial charge in [0.1, 0.15) is 0 Å². The van der Waals surface area contributed by atoms with Gasteiger partial charge < -0.3 is 20.1 Å². The second kappa shape index (κ2) is 13.0. The van der Waals surface area contributed by atoms with Gasteiger partial charge in [0.25, 0.3) is 0 Å². The summed E-state index contributed by atoms with van der Waals surface area (Å²) in [5, 5.41) is 6.68. The molecule has 25 heavy (non-hydrogen) atoms. The molecule has 1 saturated heterocycles. The number of hydrogen-bond acceptors (Lipinski definition) is 4. The average molecular weight is 366 g/mol. The van der Waals surface area contributed by atoms with Gasteiger partial charge >= 0.3 is 0 Å².